The van der Waals surface area contributed by atoms with Crippen molar-refractivity contribution in [3.8, 4) is 5.69 Å². The average molecular weight is 257 g/mol. The quantitative estimate of drug-likeness (QED) is 0.834. The van der Waals surface area contributed by atoms with E-state index in [1.807, 2.05) is 30.3 Å². The Morgan fingerprint density at radius 2 is 2.05 bits per heavy atom. The number of aromatic nitrogens is 2. The topological polar surface area (TPSA) is 70.1 Å². The fourth-order valence-corrected chi connectivity index (χ4v) is 2.30. The minimum Gasteiger partial charge on any atom is -0.379 e. The Balaban J connectivity index is 1.94. The zero-order valence-electron chi connectivity index (χ0n) is 10.4. The number of carbonyl (C=O) groups excluding carboxylic acids is 1. The Morgan fingerprint density at radius 1 is 1.26 bits per heavy atom. The molecule has 0 aliphatic carbocycles. The van der Waals surface area contributed by atoms with Gasteiger partial charge in [0.2, 0.25) is 0 Å². The highest BCUT2D eigenvalue weighted by atomic mass is 16.5. The molecule has 2 unspecified atom stereocenters. The van der Waals surface area contributed by atoms with E-state index in [0.29, 0.717) is 18.9 Å². The minimum absolute atomic E-state index is 0.00801. The summed E-state index contributed by atoms with van der Waals surface area (Å²) >= 11 is 0. The van der Waals surface area contributed by atoms with Gasteiger partial charge in [-0.1, -0.05) is 18.2 Å². The van der Waals surface area contributed by atoms with Crippen LogP contribution < -0.4 is 5.73 Å². The first-order chi connectivity index (χ1) is 9.27. The smallest absolute Gasteiger partial charge is 0.188 e. The van der Waals surface area contributed by atoms with Gasteiger partial charge < -0.3 is 10.5 Å². The maximum absolute atomic E-state index is 12.5. The molecule has 2 N–H and O–H groups in total. The summed E-state index contributed by atoms with van der Waals surface area (Å²) in [5.74, 6) is -0.287. The van der Waals surface area contributed by atoms with Gasteiger partial charge in [-0.05, 0) is 18.2 Å². The van der Waals surface area contributed by atoms with Crippen LogP contribution in [0.1, 0.15) is 10.5 Å². The molecule has 1 aliphatic heterocycles. The van der Waals surface area contributed by atoms with Crippen LogP contribution >= 0.6 is 0 Å². The Hall–Kier alpha value is -1.98. The van der Waals surface area contributed by atoms with E-state index >= 15 is 0 Å². The Bertz CT molecular complexity index is 579. The van der Waals surface area contributed by atoms with Crippen molar-refractivity contribution in [2.75, 3.05) is 13.2 Å². The molecule has 0 spiro atoms. The third-order valence-corrected chi connectivity index (χ3v) is 3.36. The van der Waals surface area contributed by atoms with Gasteiger partial charge in [-0.2, -0.15) is 5.10 Å². The van der Waals surface area contributed by atoms with Crippen LogP contribution in [0.15, 0.2) is 42.6 Å². The second kappa shape index (κ2) is 4.95. The van der Waals surface area contributed by atoms with Crippen LogP contribution in [0.5, 0.6) is 0 Å². The van der Waals surface area contributed by atoms with Gasteiger partial charge in [-0.15, -0.1) is 0 Å². The standard InChI is InChI=1S/C14H15N3O2/c15-12-9-19-8-11(12)14(18)13-6-7-16-17(13)10-4-2-1-3-5-10/h1-7,11-12H,8-9,15H2. The number of para-hydroxylation sites is 1. The summed E-state index contributed by atoms with van der Waals surface area (Å²) in [6.07, 6.45) is 1.63. The molecule has 0 amide bonds. The summed E-state index contributed by atoms with van der Waals surface area (Å²) in [6.45, 7) is 0.829. The first-order valence-corrected chi connectivity index (χ1v) is 6.24. The van der Waals surface area contributed by atoms with Crippen LogP contribution in [0.2, 0.25) is 0 Å². The molecule has 1 fully saturated rings. The highest BCUT2D eigenvalue weighted by molar-refractivity contribution is 5.97. The Kier molecular flexibility index (Phi) is 3.15. The molecular weight excluding hydrogens is 242 g/mol. The third kappa shape index (κ3) is 2.18. The molecule has 1 saturated heterocycles. The fraction of sp³-hybridized carbons (Fsp3) is 0.286. The molecule has 1 aliphatic rings. The van der Waals surface area contributed by atoms with E-state index in [-0.39, 0.29) is 17.7 Å². The maximum atomic E-state index is 12.5. The molecular formula is C14H15N3O2. The van der Waals surface area contributed by atoms with Crippen LogP contribution in [0.4, 0.5) is 0 Å². The zero-order chi connectivity index (χ0) is 13.2. The van der Waals surface area contributed by atoms with E-state index in [2.05, 4.69) is 5.10 Å². The summed E-state index contributed by atoms with van der Waals surface area (Å²) in [4.78, 5) is 12.5. The molecule has 2 atom stereocenters. The molecule has 2 heterocycles. The lowest BCUT2D eigenvalue weighted by Gasteiger charge is -2.13. The third-order valence-electron chi connectivity index (χ3n) is 3.36. The first kappa shape index (κ1) is 12.1. The first-order valence-electron chi connectivity index (χ1n) is 6.24. The largest absolute Gasteiger partial charge is 0.379 e. The number of carbonyl (C=O) groups is 1. The van der Waals surface area contributed by atoms with Crippen LogP contribution in [0, 0.1) is 5.92 Å². The van der Waals surface area contributed by atoms with Crippen molar-refractivity contribution in [1.82, 2.24) is 9.78 Å². The summed E-state index contributed by atoms with van der Waals surface area (Å²) in [6, 6.07) is 11.1. The maximum Gasteiger partial charge on any atom is 0.188 e. The molecule has 5 heteroatoms. The lowest BCUT2D eigenvalue weighted by atomic mass is 9.97. The van der Waals surface area contributed by atoms with Crippen molar-refractivity contribution >= 4 is 5.78 Å². The number of nitrogens with two attached hydrogens (primary N) is 1. The van der Waals surface area contributed by atoms with Crippen molar-refractivity contribution in [3.05, 3.63) is 48.3 Å². The molecule has 2 aromatic rings. The van der Waals surface area contributed by atoms with Crippen LogP contribution in [0.3, 0.4) is 0 Å². The molecule has 19 heavy (non-hydrogen) atoms. The number of hydrogen-bond donors (Lipinski definition) is 1. The predicted octanol–water partition coefficient (Wildman–Crippen LogP) is 1.03. The fourth-order valence-electron chi connectivity index (χ4n) is 2.30. The van der Waals surface area contributed by atoms with E-state index in [1.54, 1.807) is 16.9 Å². The van der Waals surface area contributed by atoms with Gasteiger partial charge in [0.25, 0.3) is 0 Å². The van der Waals surface area contributed by atoms with Crippen molar-refractivity contribution in [1.29, 1.82) is 0 Å². The van der Waals surface area contributed by atoms with Crippen molar-refractivity contribution in [2.24, 2.45) is 11.7 Å². The molecule has 0 saturated carbocycles. The van der Waals surface area contributed by atoms with E-state index in [0.717, 1.165) is 5.69 Å². The van der Waals surface area contributed by atoms with Crippen LogP contribution in [-0.4, -0.2) is 34.8 Å². The van der Waals surface area contributed by atoms with Crippen LogP contribution in [0.25, 0.3) is 5.69 Å². The summed E-state index contributed by atoms with van der Waals surface area (Å²) in [7, 11) is 0. The van der Waals surface area contributed by atoms with Gasteiger partial charge in [0.15, 0.2) is 5.78 Å². The monoisotopic (exact) mass is 257 g/mol. The molecule has 1 aromatic heterocycles. The zero-order valence-corrected chi connectivity index (χ0v) is 10.4. The van der Waals surface area contributed by atoms with Crippen molar-refractivity contribution < 1.29 is 9.53 Å². The summed E-state index contributed by atoms with van der Waals surface area (Å²) < 4.78 is 6.90. The van der Waals surface area contributed by atoms with Gasteiger partial charge in [-0.25, -0.2) is 4.68 Å². The second-order valence-corrected chi connectivity index (χ2v) is 4.64. The summed E-state index contributed by atoms with van der Waals surface area (Å²) in [5.41, 5.74) is 7.32. The Labute approximate surface area is 111 Å². The van der Waals surface area contributed by atoms with E-state index < -0.39 is 0 Å². The highest BCUT2D eigenvalue weighted by Gasteiger charge is 2.33. The number of rotatable bonds is 3. The molecule has 0 radical (unpaired) electrons. The van der Waals surface area contributed by atoms with E-state index in [1.165, 1.54) is 0 Å². The molecule has 98 valence electrons. The van der Waals surface area contributed by atoms with Gasteiger partial charge in [0.1, 0.15) is 5.69 Å². The normalized spacial score (nSPS) is 22.6. The van der Waals surface area contributed by atoms with Crippen LogP contribution in [-0.2, 0) is 4.74 Å². The molecule has 3 rings (SSSR count). The number of nitrogens with zero attached hydrogens (tertiary/aromatic N) is 2. The van der Waals surface area contributed by atoms with Gasteiger partial charge in [0, 0.05) is 6.04 Å². The van der Waals surface area contributed by atoms with Crippen molar-refractivity contribution in [2.45, 2.75) is 6.04 Å². The van der Waals surface area contributed by atoms with Gasteiger partial charge in [0.05, 0.1) is 31.0 Å². The Morgan fingerprint density at radius 3 is 2.74 bits per heavy atom. The highest BCUT2D eigenvalue weighted by Crippen LogP contribution is 2.19. The SMILES string of the molecule is NC1COCC1C(=O)c1ccnn1-c1ccccc1. The minimum atomic E-state index is -0.279. The molecule has 5 nitrogen and oxygen atoms in total. The second-order valence-electron chi connectivity index (χ2n) is 4.64. The number of benzene rings is 1. The lowest BCUT2D eigenvalue weighted by Crippen LogP contribution is -2.35. The number of ether oxygens (including phenoxy) is 1. The lowest BCUT2D eigenvalue weighted by molar-refractivity contribution is 0.0888. The van der Waals surface area contributed by atoms with E-state index in [9.17, 15) is 4.79 Å². The number of ketones is 1. The average Bonchev–Trinajstić information content (AvgIpc) is 3.07. The predicted molar refractivity (Wildman–Crippen MR) is 70.2 cm³/mol. The number of hydrogen-bond acceptors (Lipinski definition) is 4. The number of Topliss-reactive ketones (excluding diaryl/α,β-unsaturated/α-hetero) is 1. The summed E-state index contributed by atoms with van der Waals surface area (Å²) in [5, 5.41) is 4.22. The van der Waals surface area contributed by atoms with Gasteiger partial charge >= 0.3 is 0 Å². The van der Waals surface area contributed by atoms with Gasteiger partial charge in [-0.3, -0.25) is 4.79 Å². The molecule has 1 aromatic carbocycles. The van der Waals surface area contributed by atoms with E-state index in [4.69, 9.17) is 10.5 Å². The molecule has 0 bridgehead atoms. The van der Waals surface area contributed by atoms with Crippen molar-refractivity contribution in [3.63, 3.8) is 0 Å².